The van der Waals surface area contributed by atoms with E-state index in [-0.39, 0.29) is 0 Å². The summed E-state index contributed by atoms with van der Waals surface area (Å²) in [5.41, 5.74) is 6.15. The molecule has 96 valence electrons. The fourth-order valence-corrected chi connectivity index (χ4v) is 2.61. The van der Waals surface area contributed by atoms with E-state index in [1.54, 1.807) is 0 Å². The lowest BCUT2D eigenvalue weighted by Gasteiger charge is -2.26. The summed E-state index contributed by atoms with van der Waals surface area (Å²) in [6, 6.07) is 0.350. The fraction of sp³-hybridized carbons (Fsp3) is 1.00. The second-order valence-corrected chi connectivity index (χ2v) is 5.79. The van der Waals surface area contributed by atoms with Gasteiger partial charge in [-0.3, -0.25) is 0 Å². The number of nitrogens with zero attached hydrogens (tertiary/aromatic N) is 1. The second kappa shape index (κ2) is 7.29. The molecule has 0 aliphatic carbocycles. The highest BCUT2D eigenvalue weighted by Gasteiger charge is 2.18. The normalized spacial score (nSPS) is 25.7. The minimum Gasteiger partial charge on any atom is -0.326 e. The van der Waals surface area contributed by atoms with Crippen LogP contribution in [0.3, 0.4) is 0 Å². The molecule has 0 spiro atoms. The number of hydrogen-bond donors (Lipinski definition) is 1. The van der Waals surface area contributed by atoms with Crippen molar-refractivity contribution >= 4 is 0 Å². The van der Waals surface area contributed by atoms with E-state index < -0.39 is 0 Å². The van der Waals surface area contributed by atoms with Gasteiger partial charge in [0, 0.05) is 12.6 Å². The number of likely N-dealkylation sites (tertiary alicyclic amines) is 1. The summed E-state index contributed by atoms with van der Waals surface area (Å²) in [5, 5.41) is 0. The highest BCUT2D eigenvalue weighted by atomic mass is 15.1. The number of rotatable bonds is 5. The van der Waals surface area contributed by atoms with Crippen molar-refractivity contribution in [2.24, 2.45) is 17.6 Å². The zero-order valence-corrected chi connectivity index (χ0v) is 11.4. The van der Waals surface area contributed by atoms with Gasteiger partial charge < -0.3 is 10.6 Å². The predicted octanol–water partition coefficient (Wildman–Crippen LogP) is 2.87. The van der Waals surface area contributed by atoms with Crippen molar-refractivity contribution in [1.82, 2.24) is 4.90 Å². The van der Waals surface area contributed by atoms with Crippen LogP contribution in [0, 0.1) is 11.8 Å². The van der Waals surface area contributed by atoms with Crippen molar-refractivity contribution in [3.8, 4) is 0 Å². The molecule has 2 unspecified atom stereocenters. The first-order chi connectivity index (χ1) is 7.63. The Morgan fingerprint density at radius 2 is 2.00 bits per heavy atom. The van der Waals surface area contributed by atoms with E-state index in [4.69, 9.17) is 5.73 Å². The SMILES string of the molecule is CCCC1CCCN(CC(N)C(C)C)CC1. The first kappa shape index (κ1) is 14.0. The van der Waals surface area contributed by atoms with Gasteiger partial charge in [0.2, 0.25) is 0 Å². The van der Waals surface area contributed by atoms with Gasteiger partial charge in [0.05, 0.1) is 0 Å². The van der Waals surface area contributed by atoms with Crippen LogP contribution in [0.1, 0.15) is 52.9 Å². The topological polar surface area (TPSA) is 29.3 Å². The van der Waals surface area contributed by atoms with Gasteiger partial charge in [0.15, 0.2) is 0 Å². The largest absolute Gasteiger partial charge is 0.326 e. The predicted molar refractivity (Wildman–Crippen MR) is 71.5 cm³/mol. The maximum absolute atomic E-state index is 6.15. The van der Waals surface area contributed by atoms with Gasteiger partial charge in [-0.15, -0.1) is 0 Å². The van der Waals surface area contributed by atoms with Gasteiger partial charge in [0.1, 0.15) is 0 Å². The molecule has 1 aliphatic rings. The van der Waals surface area contributed by atoms with Crippen LogP contribution in [0.15, 0.2) is 0 Å². The lowest BCUT2D eigenvalue weighted by Crippen LogP contribution is -2.41. The molecule has 0 aromatic carbocycles. The molecule has 0 radical (unpaired) electrons. The molecule has 1 saturated heterocycles. The Kier molecular flexibility index (Phi) is 6.37. The van der Waals surface area contributed by atoms with Crippen LogP contribution in [-0.4, -0.2) is 30.6 Å². The summed E-state index contributed by atoms with van der Waals surface area (Å²) in [6.45, 7) is 10.4. The molecule has 1 heterocycles. The minimum atomic E-state index is 0.350. The number of hydrogen-bond acceptors (Lipinski definition) is 2. The highest BCUT2D eigenvalue weighted by molar-refractivity contribution is 4.75. The second-order valence-electron chi connectivity index (χ2n) is 5.79. The van der Waals surface area contributed by atoms with Crippen molar-refractivity contribution < 1.29 is 0 Å². The van der Waals surface area contributed by atoms with E-state index in [0.29, 0.717) is 12.0 Å². The van der Waals surface area contributed by atoms with Crippen molar-refractivity contribution in [2.45, 2.75) is 58.9 Å². The van der Waals surface area contributed by atoms with Crippen molar-refractivity contribution in [1.29, 1.82) is 0 Å². The van der Waals surface area contributed by atoms with Crippen LogP contribution in [0.25, 0.3) is 0 Å². The van der Waals surface area contributed by atoms with Gasteiger partial charge in [0.25, 0.3) is 0 Å². The summed E-state index contributed by atoms with van der Waals surface area (Å²) < 4.78 is 0. The van der Waals surface area contributed by atoms with Crippen LogP contribution in [0.2, 0.25) is 0 Å². The van der Waals surface area contributed by atoms with E-state index in [0.717, 1.165) is 12.5 Å². The molecule has 0 amide bonds. The third kappa shape index (κ3) is 4.84. The van der Waals surface area contributed by atoms with Crippen LogP contribution in [0.5, 0.6) is 0 Å². The molecule has 2 N–H and O–H groups in total. The molecule has 1 aliphatic heterocycles. The van der Waals surface area contributed by atoms with E-state index >= 15 is 0 Å². The Bertz CT molecular complexity index is 180. The first-order valence-corrected chi connectivity index (χ1v) is 7.11. The molecule has 0 bridgehead atoms. The Labute approximate surface area is 102 Å². The van der Waals surface area contributed by atoms with E-state index in [1.807, 2.05) is 0 Å². The van der Waals surface area contributed by atoms with E-state index in [9.17, 15) is 0 Å². The van der Waals surface area contributed by atoms with E-state index in [1.165, 1.54) is 45.2 Å². The van der Waals surface area contributed by atoms with Crippen molar-refractivity contribution in [3.63, 3.8) is 0 Å². The van der Waals surface area contributed by atoms with Crippen LogP contribution in [-0.2, 0) is 0 Å². The maximum atomic E-state index is 6.15. The monoisotopic (exact) mass is 226 g/mol. The van der Waals surface area contributed by atoms with Crippen molar-refractivity contribution in [2.75, 3.05) is 19.6 Å². The lowest BCUT2D eigenvalue weighted by molar-refractivity contribution is 0.242. The molecular formula is C14H30N2. The molecule has 1 rings (SSSR count). The standard InChI is InChI=1S/C14H30N2/c1-4-6-13-7-5-9-16(10-8-13)11-14(15)12(2)3/h12-14H,4-11,15H2,1-3H3. The lowest BCUT2D eigenvalue weighted by atomic mass is 9.96. The van der Waals surface area contributed by atoms with Gasteiger partial charge in [-0.1, -0.05) is 33.6 Å². The fourth-order valence-electron chi connectivity index (χ4n) is 2.61. The Balaban J connectivity index is 2.29. The summed E-state index contributed by atoms with van der Waals surface area (Å²) >= 11 is 0. The molecular weight excluding hydrogens is 196 g/mol. The molecule has 2 atom stereocenters. The Morgan fingerprint density at radius 1 is 1.25 bits per heavy atom. The van der Waals surface area contributed by atoms with Crippen LogP contribution < -0.4 is 5.73 Å². The smallest absolute Gasteiger partial charge is 0.0191 e. The third-order valence-electron chi connectivity index (χ3n) is 3.96. The molecule has 0 aromatic rings. The van der Waals surface area contributed by atoms with Gasteiger partial charge in [-0.25, -0.2) is 0 Å². The van der Waals surface area contributed by atoms with Crippen molar-refractivity contribution in [3.05, 3.63) is 0 Å². The zero-order chi connectivity index (χ0) is 12.0. The highest BCUT2D eigenvalue weighted by Crippen LogP contribution is 2.22. The maximum Gasteiger partial charge on any atom is 0.0191 e. The Morgan fingerprint density at radius 3 is 2.62 bits per heavy atom. The Hall–Kier alpha value is -0.0800. The van der Waals surface area contributed by atoms with Crippen LogP contribution in [0.4, 0.5) is 0 Å². The summed E-state index contributed by atoms with van der Waals surface area (Å²) in [7, 11) is 0. The first-order valence-electron chi connectivity index (χ1n) is 7.11. The van der Waals surface area contributed by atoms with Crippen LogP contribution >= 0.6 is 0 Å². The van der Waals surface area contributed by atoms with E-state index in [2.05, 4.69) is 25.7 Å². The average Bonchev–Trinajstić information content (AvgIpc) is 2.44. The molecule has 16 heavy (non-hydrogen) atoms. The molecule has 2 nitrogen and oxygen atoms in total. The quantitative estimate of drug-likeness (QED) is 0.781. The average molecular weight is 226 g/mol. The van der Waals surface area contributed by atoms with Gasteiger partial charge in [-0.05, 0) is 44.2 Å². The van der Waals surface area contributed by atoms with Gasteiger partial charge >= 0.3 is 0 Å². The zero-order valence-electron chi connectivity index (χ0n) is 11.4. The minimum absolute atomic E-state index is 0.350. The summed E-state index contributed by atoms with van der Waals surface area (Å²) in [5.74, 6) is 1.58. The van der Waals surface area contributed by atoms with Gasteiger partial charge in [-0.2, -0.15) is 0 Å². The summed E-state index contributed by atoms with van der Waals surface area (Å²) in [4.78, 5) is 2.58. The molecule has 0 saturated carbocycles. The molecule has 0 aromatic heterocycles. The third-order valence-corrected chi connectivity index (χ3v) is 3.96. The molecule has 2 heteroatoms. The molecule has 1 fully saturated rings. The number of nitrogens with two attached hydrogens (primary N) is 1. The summed E-state index contributed by atoms with van der Waals surface area (Å²) in [6.07, 6.45) is 6.95.